The SMILES string of the molecule is CCCCCCCCC1CCC(C2CCC(CCCCCCCC)CC2)CC1. The van der Waals surface area contributed by atoms with Crippen molar-refractivity contribution in [2.75, 3.05) is 0 Å². The first-order valence-electron chi connectivity index (χ1n) is 13.8. The zero-order valence-electron chi connectivity index (χ0n) is 19.9. The average Bonchev–Trinajstić information content (AvgIpc) is 2.74. The predicted octanol–water partition coefficient (Wildman–Crippen LogP) is 10.1. The van der Waals surface area contributed by atoms with E-state index in [9.17, 15) is 0 Å². The van der Waals surface area contributed by atoms with Crippen LogP contribution in [-0.2, 0) is 0 Å². The van der Waals surface area contributed by atoms with Crippen molar-refractivity contribution < 1.29 is 0 Å². The first kappa shape index (κ1) is 24.3. The maximum atomic E-state index is 2.32. The van der Waals surface area contributed by atoms with Crippen LogP contribution in [0.15, 0.2) is 0 Å². The van der Waals surface area contributed by atoms with E-state index in [1.807, 2.05) is 0 Å². The molecule has 0 bridgehead atoms. The van der Waals surface area contributed by atoms with E-state index in [2.05, 4.69) is 13.8 Å². The summed E-state index contributed by atoms with van der Waals surface area (Å²) in [6.45, 7) is 4.64. The Kier molecular flexibility index (Phi) is 13.7. The highest BCUT2D eigenvalue weighted by Gasteiger charge is 2.30. The van der Waals surface area contributed by atoms with Crippen LogP contribution in [0.5, 0.6) is 0 Å². The lowest BCUT2D eigenvalue weighted by Crippen LogP contribution is -2.25. The summed E-state index contributed by atoms with van der Waals surface area (Å²) in [5.41, 5.74) is 0. The van der Waals surface area contributed by atoms with Gasteiger partial charge < -0.3 is 0 Å². The molecular formula is C28H54. The molecule has 0 saturated heterocycles. The fraction of sp³-hybridized carbons (Fsp3) is 1.00. The van der Waals surface area contributed by atoms with Gasteiger partial charge in [-0.05, 0) is 49.4 Å². The summed E-state index contributed by atoms with van der Waals surface area (Å²) in [5, 5.41) is 0. The normalized spacial score (nSPS) is 28.5. The van der Waals surface area contributed by atoms with Gasteiger partial charge in [0.2, 0.25) is 0 Å². The molecule has 2 rings (SSSR count). The Hall–Kier alpha value is 0. The molecule has 2 aliphatic carbocycles. The minimum absolute atomic E-state index is 1.09. The molecule has 0 aromatic heterocycles. The molecule has 0 amide bonds. The van der Waals surface area contributed by atoms with Gasteiger partial charge >= 0.3 is 0 Å². The lowest BCUT2D eigenvalue weighted by Gasteiger charge is -2.38. The van der Waals surface area contributed by atoms with Gasteiger partial charge in [0, 0.05) is 0 Å². The van der Waals surface area contributed by atoms with Gasteiger partial charge in [0.15, 0.2) is 0 Å². The topological polar surface area (TPSA) is 0 Å². The van der Waals surface area contributed by atoms with E-state index in [1.165, 1.54) is 77.0 Å². The second kappa shape index (κ2) is 15.8. The van der Waals surface area contributed by atoms with Crippen LogP contribution in [0.25, 0.3) is 0 Å². The van der Waals surface area contributed by atoms with Crippen molar-refractivity contribution in [2.45, 2.75) is 155 Å². The first-order chi connectivity index (χ1) is 13.8. The molecule has 2 fully saturated rings. The van der Waals surface area contributed by atoms with Crippen LogP contribution in [0.2, 0.25) is 0 Å². The highest BCUT2D eigenvalue weighted by Crippen LogP contribution is 2.43. The fourth-order valence-corrected chi connectivity index (χ4v) is 6.32. The molecule has 28 heavy (non-hydrogen) atoms. The highest BCUT2D eigenvalue weighted by atomic mass is 14.4. The second-order valence-electron chi connectivity index (χ2n) is 10.7. The van der Waals surface area contributed by atoms with Crippen molar-refractivity contribution >= 4 is 0 Å². The Balaban J connectivity index is 1.47. The third-order valence-electron chi connectivity index (χ3n) is 8.38. The van der Waals surface area contributed by atoms with Crippen LogP contribution in [-0.4, -0.2) is 0 Å². The summed E-state index contributed by atoms with van der Waals surface area (Å²) in [6, 6.07) is 0. The van der Waals surface area contributed by atoms with Crippen LogP contribution in [0.1, 0.15) is 155 Å². The van der Waals surface area contributed by atoms with Crippen molar-refractivity contribution in [3.05, 3.63) is 0 Å². The van der Waals surface area contributed by atoms with Crippen LogP contribution in [0.4, 0.5) is 0 Å². The molecule has 0 heterocycles. The minimum atomic E-state index is 1.09. The molecule has 0 heteroatoms. The zero-order chi connectivity index (χ0) is 19.9. The predicted molar refractivity (Wildman–Crippen MR) is 127 cm³/mol. The van der Waals surface area contributed by atoms with E-state index < -0.39 is 0 Å². The molecule has 166 valence electrons. The summed E-state index contributed by atoms with van der Waals surface area (Å²) >= 11 is 0. The maximum Gasteiger partial charge on any atom is -0.0386 e. The minimum Gasteiger partial charge on any atom is -0.0654 e. The van der Waals surface area contributed by atoms with Crippen molar-refractivity contribution in [3.63, 3.8) is 0 Å². The smallest absolute Gasteiger partial charge is 0.0386 e. The maximum absolute atomic E-state index is 2.32. The van der Waals surface area contributed by atoms with Gasteiger partial charge in [0.1, 0.15) is 0 Å². The highest BCUT2D eigenvalue weighted by molar-refractivity contribution is 4.82. The van der Waals surface area contributed by atoms with Crippen molar-refractivity contribution in [1.82, 2.24) is 0 Å². The van der Waals surface area contributed by atoms with Gasteiger partial charge in [-0.15, -0.1) is 0 Å². The molecule has 0 aromatic carbocycles. The van der Waals surface area contributed by atoms with Gasteiger partial charge in [0.25, 0.3) is 0 Å². The monoisotopic (exact) mass is 390 g/mol. The van der Waals surface area contributed by atoms with E-state index >= 15 is 0 Å². The number of rotatable bonds is 15. The van der Waals surface area contributed by atoms with Gasteiger partial charge in [0.05, 0.1) is 0 Å². The zero-order valence-corrected chi connectivity index (χ0v) is 19.9. The Bertz CT molecular complexity index is 296. The summed E-state index contributed by atoms with van der Waals surface area (Å²) in [6.07, 6.45) is 33.3. The molecule has 0 N–H and O–H groups in total. The van der Waals surface area contributed by atoms with E-state index in [0.717, 1.165) is 23.7 Å². The molecule has 0 nitrogen and oxygen atoms in total. The molecule has 2 aliphatic rings. The molecule has 0 radical (unpaired) electrons. The summed E-state index contributed by atoms with van der Waals surface area (Å²) < 4.78 is 0. The molecule has 0 unspecified atom stereocenters. The largest absolute Gasteiger partial charge is 0.0654 e. The Morgan fingerprint density at radius 1 is 0.393 bits per heavy atom. The summed E-state index contributed by atoms with van der Waals surface area (Å²) in [7, 11) is 0. The summed E-state index contributed by atoms with van der Waals surface area (Å²) in [4.78, 5) is 0. The van der Waals surface area contributed by atoms with Gasteiger partial charge in [-0.2, -0.15) is 0 Å². The Morgan fingerprint density at radius 2 is 0.714 bits per heavy atom. The molecule has 0 aliphatic heterocycles. The van der Waals surface area contributed by atoms with Crippen LogP contribution >= 0.6 is 0 Å². The average molecular weight is 391 g/mol. The molecule has 0 atom stereocenters. The molecule has 2 saturated carbocycles. The van der Waals surface area contributed by atoms with Gasteiger partial charge in [-0.1, -0.05) is 129 Å². The van der Waals surface area contributed by atoms with E-state index in [0.29, 0.717) is 0 Å². The van der Waals surface area contributed by atoms with Crippen molar-refractivity contribution in [1.29, 1.82) is 0 Å². The Labute approximate surface area is 179 Å². The third-order valence-corrected chi connectivity index (χ3v) is 8.38. The third kappa shape index (κ3) is 10.2. The molecule has 0 spiro atoms. The molecule has 0 aromatic rings. The van der Waals surface area contributed by atoms with Gasteiger partial charge in [-0.3, -0.25) is 0 Å². The second-order valence-corrected chi connectivity index (χ2v) is 10.7. The quantitative estimate of drug-likeness (QED) is 0.244. The van der Waals surface area contributed by atoms with E-state index in [1.54, 1.807) is 64.2 Å². The first-order valence-corrected chi connectivity index (χ1v) is 13.8. The standard InChI is InChI=1S/C28H54/c1-3-5-7-9-11-13-15-25-17-21-27(22-18-25)28-23-19-26(20-24-28)16-14-12-10-8-6-4-2/h25-28H,3-24H2,1-2H3. The van der Waals surface area contributed by atoms with E-state index in [4.69, 9.17) is 0 Å². The van der Waals surface area contributed by atoms with Crippen molar-refractivity contribution in [3.8, 4) is 0 Å². The van der Waals surface area contributed by atoms with Crippen LogP contribution < -0.4 is 0 Å². The lowest BCUT2D eigenvalue weighted by atomic mass is 9.68. The molecular weight excluding hydrogens is 336 g/mol. The summed E-state index contributed by atoms with van der Waals surface area (Å²) in [5.74, 6) is 4.39. The van der Waals surface area contributed by atoms with E-state index in [-0.39, 0.29) is 0 Å². The lowest BCUT2D eigenvalue weighted by molar-refractivity contribution is 0.139. The fourth-order valence-electron chi connectivity index (χ4n) is 6.32. The number of unbranched alkanes of at least 4 members (excludes halogenated alkanes) is 10. The number of hydrogen-bond donors (Lipinski definition) is 0. The van der Waals surface area contributed by atoms with Crippen LogP contribution in [0.3, 0.4) is 0 Å². The van der Waals surface area contributed by atoms with Crippen LogP contribution in [0, 0.1) is 23.7 Å². The Morgan fingerprint density at radius 3 is 1.07 bits per heavy atom. The number of hydrogen-bond acceptors (Lipinski definition) is 0. The van der Waals surface area contributed by atoms with Crippen molar-refractivity contribution in [2.24, 2.45) is 23.7 Å². The van der Waals surface area contributed by atoms with Gasteiger partial charge in [-0.25, -0.2) is 0 Å².